The largest absolute Gasteiger partial charge is 0.345 e. The lowest BCUT2D eigenvalue weighted by molar-refractivity contribution is -0.131. The molecule has 8 heteroatoms. The highest BCUT2D eigenvalue weighted by Gasteiger charge is 2.29. The molecule has 0 aromatic carbocycles. The van der Waals surface area contributed by atoms with Crippen molar-refractivity contribution in [1.29, 1.82) is 0 Å². The minimum Gasteiger partial charge on any atom is -0.342 e. The number of nitrogens with zero attached hydrogens (tertiary/aromatic N) is 5. The van der Waals surface area contributed by atoms with Crippen molar-refractivity contribution in [2.45, 2.75) is 52.5 Å². The fourth-order valence-electron chi connectivity index (χ4n) is 3.52. The second-order valence-corrected chi connectivity index (χ2v) is 7.89. The van der Waals surface area contributed by atoms with Crippen LogP contribution in [-0.2, 0) is 24.8 Å². The molecule has 3 rings (SSSR count). The van der Waals surface area contributed by atoms with Gasteiger partial charge in [0.1, 0.15) is 5.82 Å². The van der Waals surface area contributed by atoms with Crippen LogP contribution in [0.3, 0.4) is 0 Å². The quantitative estimate of drug-likeness (QED) is 0.827. The Morgan fingerprint density at radius 1 is 1.36 bits per heavy atom. The minimum atomic E-state index is -0.0864. The van der Waals surface area contributed by atoms with Crippen molar-refractivity contribution in [2.24, 2.45) is 7.05 Å². The normalized spacial score (nSPS) is 17.9. The molecule has 3 heterocycles. The van der Waals surface area contributed by atoms with E-state index in [4.69, 9.17) is 0 Å². The molecule has 1 aliphatic heterocycles. The Morgan fingerprint density at radius 2 is 2.12 bits per heavy atom. The van der Waals surface area contributed by atoms with Crippen molar-refractivity contribution in [2.75, 3.05) is 13.1 Å². The van der Waals surface area contributed by atoms with Crippen LogP contribution in [0.2, 0.25) is 0 Å². The SMILES string of the molecule is CCn1c([C@H]2CCCN(C(=O)Cc3sc(C)nc3C)C2)nn(C)c1=O. The van der Waals surface area contributed by atoms with Gasteiger partial charge in [-0.2, -0.15) is 5.10 Å². The maximum absolute atomic E-state index is 12.7. The minimum absolute atomic E-state index is 0.0864. The Morgan fingerprint density at radius 3 is 2.76 bits per heavy atom. The van der Waals surface area contributed by atoms with Gasteiger partial charge in [-0.05, 0) is 33.6 Å². The zero-order valence-electron chi connectivity index (χ0n) is 15.3. The van der Waals surface area contributed by atoms with E-state index >= 15 is 0 Å². The Bertz CT molecular complexity index is 835. The van der Waals surface area contributed by atoms with Crippen LogP contribution in [0.15, 0.2) is 4.79 Å². The average molecular weight is 363 g/mol. The van der Waals surface area contributed by atoms with Gasteiger partial charge >= 0.3 is 5.69 Å². The first-order valence-electron chi connectivity index (χ1n) is 8.75. The molecule has 0 N–H and O–H groups in total. The molecule has 0 aliphatic carbocycles. The molecule has 1 saturated heterocycles. The van der Waals surface area contributed by atoms with Crippen molar-refractivity contribution in [3.8, 4) is 0 Å². The number of carbonyl (C=O) groups is 1. The lowest BCUT2D eigenvalue weighted by Gasteiger charge is -2.32. The number of likely N-dealkylation sites (tertiary alicyclic amines) is 1. The van der Waals surface area contributed by atoms with Gasteiger partial charge in [0, 0.05) is 37.5 Å². The van der Waals surface area contributed by atoms with E-state index in [1.165, 1.54) is 4.68 Å². The number of rotatable bonds is 4. The summed E-state index contributed by atoms with van der Waals surface area (Å²) in [6.07, 6.45) is 2.30. The van der Waals surface area contributed by atoms with E-state index < -0.39 is 0 Å². The van der Waals surface area contributed by atoms with E-state index in [1.54, 1.807) is 23.0 Å². The molecule has 136 valence electrons. The fourth-order valence-corrected chi connectivity index (χ4v) is 4.45. The predicted molar refractivity (Wildman–Crippen MR) is 97.0 cm³/mol. The van der Waals surface area contributed by atoms with E-state index in [2.05, 4.69) is 10.1 Å². The standard InChI is InChI=1S/C17H25N5O2S/c1-5-22-16(19-20(4)17(22)24)13-7-6-8-21(10-13)15(23)9-14-11(2)18-12(3)25-14/h13H,5-10H2,1-4H3/t13-/m0/s1. The Kier molecular flexibility index (Phi) is 5.08. The van der Waals surface area contributed by atoms with Gasteiger partial charge in [-0.3, -0.25) is 9.36 Å². The molecule has 2 aromatic heterocycles. The number of aromatic nitrogens is 4. The van der Waals surface area contributed by atoms with Gasteiger partial charge in [-0.1, -0.05) is 0 Å². The molecule has 2 aromatic rings. The summed E-state index contributed by atoms with van der Waals surface area (Å²) < 4.78 is 3.11. The number of thiazole rings is 1. The molecule has 0 bridgehead atoms. The average Bonchev–Trinajstić information content (AvgIpc) is 3.06. The molecular weight excluding hydrogens is 338 g/mol. The van der Waals surface area contributed by atoms with Crippen molar-refractivity contribution >= 4 is 17.2 Å². The third-order valence-corrected chi connectivity index (χ3v) is 5.88. The van der Waals surface area contributed by atoms with Gasteiger partial charge in [0.2, 0.25) is 5.91 Å². The molecule has 1 aliphatic rings. The molecule has 0 radical (unpaired) electrons. The van der Waals surface area contributed by atoms with Gasteiger partial charge < -0.3 is 4.90 Å². The van der Waals surface area contributed by atoms with Gasteiger partial charge in [0.05, 0.1) is 17.1 Å². The van der Waals surface area contributed by atoms with Crippen molar-refractivity contribution < 1.29 is 4.79 Å². The molecule has 0 saturated carbocycles. The Balaban J connectivity index is 1.75. The zero-order chi connectivity index (χ0) is 18.1. The number of piperidine rings is 1. The number of aryl methyl sites for hydroxylation is 3. The summed E-state index contributed by atoms with van der Waals surface area (Å²) in [4.78, 5) is 32.3. The van der Waals surface area contributed by atoms with Crippen LogP contribution in [0.25, 0.3) is 0 Å². The zero-order valence-corrected chi connectivity index (χ0v) is 16.1. The van der Waals surface area contributed by atoms with E-state index in [9.17, 15) is 9.59 Å². The fraction of sp³-hybridized carbons (Fsp3) is 0.647. The summed E-state index contributed by atoms with van der Waals surface area (Å²) in [7, 11) is 1.68. The molecule has 1 amide bonds. The smallest absolute Gasteiger partial charge is 0.342 e. The maximum atomic E-state index is 12.7. The second-order valence-electron chi connectivity index (χ2n) is 6.61. The van der Waals surface area contributed by atoms with Crippen LogP contribution in [0.4, 0.5) is 0 Å². The molecule has 0 spiro atoms. The first-order valence-corrected chi connectivity index (χ1v) is 9.56. The number of hydrogen-bond donors (Lipinski definition) is 0. The molecule has 0 unspecified atom stereocenters. The van der Waals surface area contributed by atoms with Crippen LogP contribution < -0.4 is 5.69 Å². The molecule has 7 nitrogen and oxygen atoms in total. The lowest BCUT2D eigenvalue weighted by Crippen LogP contribution is -2.40. The summed E-state index contributed by atoms with van der Waals surface area (Å²) in [5.74, 6) is 1.06. The summed E-state index contributed by atoms with van der Waals surface area (Å²) in [5.41, 5.74) is 0.866. The van der Waals surface area contributed by atoms with Crippen LogP contribution in [0.1, 0.15) is 47.1 Å². The first-order chi connectivity index (χ1) is 11.9. The predicted octanol–water partition coefficient (Wildman–Crippen LogP) is 1.62. The van der Waals surface area contributed by atoms with E-state index in [0.29, 0.717) is 19.5 Å². The third-order valence-electron chi connectivity index (χ3n) is 4.80. The molecular formula is C17H25N5O2S. The van der Waals surface area contributed by atoms with Crippen LogP contribution in [0, 0.1) is 13.8 Å². The topological polar surface area (TPSA) is 73.0 Å². The van der Waals surface area contributed by atoms with Crippen LogP contribution in [-0.4, -0.2) is 43.2 Å². The summed E-state index contributed by atoms with van der Waals surface area (Å²) >= 11 is 1.60. The Labute approximate surface area is 151 Å². The summed E-state index contributed by atoms with van der Waals surface area (Å²) in [5, 5.41) is 5.42. The van der Waals surface area contributed by atoms with Gasteiger partial charge in [0.15, 0.2) is 0 Å². The van der Waals surface area contributed by atoms with Crippen LogP contribution in [0.5, 0.6) is 0 Å². The third kappa shape index (κ3) is 3.53. The number of amides is 1. The summed E-state index contributed by atoms with van der Waals surface area (Å²) in [6, 6.07) is 0. The highest BCUT2D eigenvalue weighted by Crippen LogP contribution is 2.26. The van der Waals surface area contributed by atoms with E-state index in [0.717, 1.165) is 40.8 Å². The summed E-state index contributed by atoms with van der Waals surface area (Å²) in [6.45, 7) is 7.88. The van der Waals surface area contributed by atoms with Crippen molar-refractivity contribution in [1.82, 2.24) is 24.2 Å². The Hall–Kier alpha value is -1.96. The maximum Gasteiger partial charge on any atom is 0.345 e. The first kappa shape index (κ1) is 17.8. The highest BCUT2D eigenvalue weighted by atomic mass is 32.1. The monoisotopic (exact) mass is 363 g/mol. The molecule has 1 fully saturated rings. The van der Waals surface area contributed by atoms with Crippen molar-refractivity contribution in [3.05, 3.63) is 31.9 Å². The van der Waals surface area contributed by atoms with Crippen molar-refractivity contribution in [3.63, 3.8) is 0 Å². The van der Waals surface area contributed by atoms with Gasteiger partial charge in [0.25, 0.3) is 0 Å². The van der Waals surface area contributed by atoms with Gasteiger partial charge in [-0.15, -0.1) is 11.3 Å². The second kappa shape index (κ2) is 7.11. The van der Waals surface area contributed by atoms with E-state index in [1.807, 2.05) is 25.7 Å². The molecule has 25 heavy (non-hydrogen) atoms. The van der Waals surface area contributed by atoms with Crippen LogP contribution >= 0.6 is 11.3 Å². The molecule has 1 atom stereocenters. The highest BCUT2D eigenvalue weighted by molar-refractivity contribution is 7.11. The number of carbonyl (C=O) groups excluding carboxylic acids is 1. The van der Waals surface area contributed by atoms with E-state index in [-0.39, 0.29) is 17.5 Å². The number of hydrogen-bond acceptors (Lipinski definition) is 5. The lowest BCUT2D eigenvalue weighted by atomic mass is 9.96. The van der Waals surface area contributed by atoms with Gasteiger partial charge in [-0.25, -0.2) is 14.5 Å².